The van der Waals surface area contributed by atoms with Crippen LogP contribution in [-0.2, 0) is 21.2 Å². The third kappa shape index (κ3) is 1.15. The molecule has 0 saturated heterocycles. The second kappa shape index (κ2) is 2.95. The summed E-state index contributed by atoms with van der Waals surface area (Å²) in [5, 5.41) is 0. The Kier molecular flexibility index (Phi) is 1.77. The summed E-state index contributed by atoms with van der Waals surface area (Å²) in [6.07, 6.45) is 1.22. The van der Waals surface area contributed by atoms with Gasteiger partial charge < -0.3 is 0 Å². The van der Waals surface area contributed by atoms with Gasteiger partial charge in [0.25, 0.3) is 15.9 Å². The van der Waals surface area contributed by atoms with E-state index in [4.69, 9.17) is 0 Å². The second-order valence-corrected chi connectivity index (χ2v) is 5.52. The zero-order chi connectivity index (χ0) is 11.3. The molecule has 82 valence electrons. The van der Waals surface area contributed by atoms with Crippen LogP contribution in [-0.4, -0.2) is 14.3 Å². The van der Waals surface area contributed by atoms with E-state index in [1.54, 1.807) is 12.1 Å². The Labute approximate surface area is 93.0 Å². The van der Waals surface area contributed by atoms with Crippen molar-refractivity contribution in [1.82, 2.24) is 4.72 Å². The smallest absolute Gasteiger partial charge is 0.265 e. The lowest BCUT2D eigenvalue weighted by molar-refractivity contribution is -0.115. The number of hydrogen-bond donors (Lipinski definition) is 1. The van der Waals surface area contributed by atoms with E-state index in [1.165, 1.54) is 0 Å². The maximum absolute atomic E-state index is 11.8. The fourth-order valence-electron chi connectivity index (χ4n) is 2.25. The molecule has 0 bridgehead atoms. The van der Waals surface area contributed by atoms with Gasteiger partial charge in [0.15, 0.2) is 0 Å². The van der Waals surface area contributed by atoms with Gasteiger partial charge in [0, 0.05) is 5.57 Å². The standard InChI is InChI=1S/C11H9NO3S/c13-11-9-6-5-7-3-1-2-4-8(7)10(9)16(14,15)12-11/h1-4H,5-6H2,(H,12,13). The molecule has 0 saturated carbocycles. The van der Waals surface area contributed by atoms with Crippen LogP contribution < -0.4 is 4.72 Å². The summed E-state index contributed by atoms with van der Waals surface area (Å²) in [6, 6.07) is 7.31. The molecule has 1 amide bonds. The number of nitrogens with one attached hydrogen (secondary N) is 1. The molecule has 1 aliphatic heterocycles. The Morgan fingerprint density at radius 2 is 1.88 bits per heavy atom. The molecule has 0 aromatic heterocycles. The first-order valence-electron chi connectivity index (χ1n) is 4.98. The van der Waals surface area contributed by atoms with Crippen molar-refractivity contribution in [3.05, 3.63) is 41.0 Å². The fourth-order valence-corrected chi connectivity index (χ4v) is 3.73. The van der Waals surface area contributed by atoms with Gasteiger partial charge >= 0.3 is 0 Å². The van der Waals surface area contributed by atoms with Gasteiger partial charge in [0.1, 0.15) is 4.91 Å². The van der Waals surface area contributed by atoms with Crippen LogP contribution in [0.3, 0.4) is 0 Å². The first kappa shape index (κ1) is 9.59. The highest BCUT2D eigenvalue weighted by Crippen LogP contribution is 2.37. The normalized spacial score (nSPS) is 21.4. The Morgan fingerprint density at radius 3 is 2.69 bits per heavy atom. The van der Waals surface area contributed by atoms with Crippen LogP contribution in [0.5, 0.6) is 0 Å². The molecule has 0 radical (unpaired) electrons. The monoisotopic (exact) mass is 235 g/mol. The summed E-state index contributed by atoms with van der Waals surface area (Å²) in [6.45, 7) is 0. The zero-order valence-electron chi connectivity index (χ0n) is 8.36. The predicted molar refractivity (Wildman–Crippen MR) is 58.7 cm³/mol. The van der Waals surface area contributed by atoms with Gasteiger partial charge in [-0.1, -0.05) is 24.3 Å². The van der Waals surface area contributed by atoms with Crippen molar-refractivity contribution in [3.8, 4) is 0 Å². The summed E-state index contributed by atoms with van der Waals surface area (Å²) in [4.78, 5) is 11.7. The second-order valence-electron chi connectivity index (χ2n) is 3.90. The number of sulfonamides is 1. The third-order valence-electron chi connectivity index (χ3n) is 2.95. The molecule has 16 heavy (non-hydrogen) atoms. The van der Waals surface area contributed by atoms with E-state index in [2.05, 4.69) is 0 Å². The SMILES string of the molecule is O=C1NS(=O)(=O)C2=C1CCc1ccccc12. The van der Waals surface area contributed by atoms with Crippen molar-refractivity contribution in [2.75, 3.05) is 0 Å². The van der Waals surface area contributed by atoms with E-state index in [1.807, 2.05) is 16.9 Å². The molecule has 0 fully saturated rings. The number of carbonyl (C=O) groups excluding carboxylic acids is 1. The molecule has 5 heteroatoms. The highest BCUT2D eigenvalue weighted by atomic mass is 32.2. The lowest BCUT2D eigenvalue weighted by Gasteiger charge is -2.15. The summed E-state index contributed by atoms with van der Waals surface area (Å²) in [5.41, 5.74) is 2.06. The third-order valence-corrected chi connectivity index (χ3v) is 4.41. The molecule has 0 spiro atoms. The fraction of sp³-hybridized carbons (Fsp3) is 0.182. The summed E-state index contributed by atoms with van der Waals surface area (Å²) < 4.78 is 25.6. The molecule has 1 aromatic rings. The van der Waals surface area contributed by atoms with Crippen LogP contribution in [0.2, 0.25) is 0 Å². The Bertz CT molecular complexity index is 628. The van der Waals surface area contributed by atoms with E-state index in [0.29, 0.717) is 17.6 Å². The minimum Gasteiger partial charge on any atom is -0.269 e. The van der Waals surface area contributed by atoms with E-state index >= 15 is 0 Å². The molecule has 0 unspecified atom stereocenters. The van der Waals surface area contributed by atoms with Gasteiger partial charge in [-0.15, -0.1) is 0 Å². The number of carbonyl (C=O) groups is 1. The number of amides is 1. The maximum Gasteiger partial charge on any atom is 0.265 e. The van der Waals surface area contributed by atoms with Crippen molar-refractivity contribution >= 4 is 20.8 Å². The Morgan fingerprint density at radius 1 is 1.12 bits per heavy atom. The Hall–Kier alpha value is -1.62. The largest absolute Gasteiger partial charge is 0.269 e. The average molecular weight is 235 g/mol. The molecular formula is C11H9NO3S. The van der Waals surface area contributed by atoms with Gasteiger partial charge in [0.05, 0.1) is 0 Å². The minimum absolute atomic E-state index is 0.180. The molecule has 1 aromatic carbocycles. The van der Waals surface area contributed by atoms with Gasteiger partial charge in [-0.3, -0.25) is 4.79 Å². The van der Waals surface area contributed by atoms with Gasteiger partial charge in [0.2, 0.25) is 0 Å². The van der Waals surface area contributed by atoms with Crippen LogP contribution in [0.4, 0.5) is 0 Å². The molecule has 1 N–H and O–H groups in total. The molecule has 4 nitrogen and oxygen atoms in total. The topological polar surface area (TPSA) is 63.2 Å². The quantitative estimate of drug-likeness (QED) is 0.723. The van der Waals surface area contributed by atoms with Crippen molar-refractivity contribution in [3.63, 3.8) is 0 Å². The molecule has 2 aliphatic rings. The zero-order valence-corrected chi connectivity index (χ0v) is 9.17. The lowest BCUT2D eigenvalue weighted by Crippen LogP contribution is -2.22. The van der Waals surface area contributed by atoms with Crippen LogP contribution in [0, 0.1) is 0 Å². The Balaban J connectivity index is 2.35. The van der Waals surface area contributed by atoms with Crippen molar-refractivity contribution in [2.45, 2.75) is 12.8 Å². The molecular weight excluding hydrogens is 226 g/mol. The minimum atomic E-state index is -3.63. The summed E-state index contributed by atoms with van der Waals surface area (Å²) >= 11 is 0. The van der Waals surface area contributed by atoms with E-state index in [-0.39, 0.29) is 4.91 Å². The maximum atomic E-state index is 11.8. The molecule has 1 aliphatic carbocycles. The molecule has 0 atom stereocenters. The van der Waals surface area contributed by atoms with Gasteiger partial charge in [-0.05, 0) is 24.0 Å². The average Bonchev–Trinajstić information content (AvgIpc) is 2.49. The first-order valence-corrected chi connectivity index (χ1v) is 6.46. The highest BCUT2D eigenvalue weighted by Gasteiger charge is 2.39. The number of rotatable bonds is 0. The van der Waals surface area contributed by atoms with Crippen LogP contribution in [0.25, 0.3) is 4.91 Å². The summed E-state index contributed by atoms with van der Waals surface area (Å²) in [5.74, 6) is -0.468. The van der Waals surface area contributed by atoms with Crippen molar-refractivity contribution in [1.29, 1.82) is 0 Å². The number of fused-ring (bicyclic) bond motifs is 2. The van der Waals surface area contributed by atoms with E-state index in [0.717, 1.165) is 12.0 Å². The van der Waals surface area contributed by atoms with Gasteiger partial charge in [-0.25, -0.2) is 13.1 Å². The number of benzene rings is 1. The van der Waals surface area contributed by atoms with E-state index < -0.39 is 15.9 Å². The number of hydrogen-bond acceptors (Lipinski definition) is 3. The molecule has 1 heterocycles. The molecule has 3 rings (SSSR count). The summed E-state index contributed by atoms with van der Waals surface area (Å²) in [7, 11) is -3.63. The number of aryl methyl sites for hydroxylation is 1. The first-order chi connectivity index (χ1) is 7.59. The predicted octanol–water partition coefficient (Wildman–Crippen LogP) is 0.804. The van der Waals surface area contributed by atoms with Gasteiger partial charge in [-0.2, -0.15) is 0 Å². The van der Waals surface area contributed by atoms with Crippen LogP contribution in [0.15, 0.2) is 29.8 Å². The van der Waals surface area contributed by atoms with Crippen LogP contribution in [0.1, 0.15) is 17.5 Å². The van der Waals surface area contributed by atoms with Crippen LogP contribution >= 0.6 is 0 Å². The van der Waals surface area contributed by atoms with Crippen molar-refractivity contribution in [2.24, 2.45) is 0 Å². The van der Waals surface area contributed by atoms with Crippen molar-refractivity contribution < 1.29 is 13.2 Å². The lowest BCUT2D eigenvalue weighted by atomic mass is 9.92. The van der Waals surface area contributed by atoms with E-state index in [9.17, 15) is 13.2 Å². The highest BCUT2D eigenvalue weighted by molar-refractivity contribution is 8.00.